The van der Waals surface area contributed by atoms with E-state index in [1.54, 1.807) is 37.3 Å². The van der Waals surface area contributed by atoms with Crippen LogP contribution in [0.5, 0.6) is 11.5 Å². The monoisotopic (exact) mass is 361 g/mol. The molecule has 0 saturated carbocycles. The van der Waals surface area contributed by atoms with Crippen LogP contribution in [0.3, 0.4) is 0 Å². The van der Waals surface area contributed by atoms with Gasteiger partial charge in [0.25, 0.3) is 5.91 Å². The van der Waals surface area contributed by atoms with E-state index in [-0.39, 0.29) is 18.2 Å². The number of ether oxygens (including phenoxy) is 3. The van der Waals surface area contributed by atoms with Crippen molar-refractivity contribution in [3.63, 3.8) is 0 Å². The lowest BCUT2D eigenvalue weighted by Gasteiger charge is -2.13. The molecular weight excluding hydrogens is 338 g/mol. The number of hydrogen-bond acceptors (Lipinski definition) is 6. The van der Waals surface area contributed by atoms with Crippen LogP contribution in [0.25, 0.3) is 0 Å². The molecule has 1 N–H and O–H groups in total. The molecule has 7 heteroatoms. The molecule has 1 aromatic carbocycles. The van der Waals surface area contributed by atoms with Gasteiger partial charge in [-0.1, -0.05) is 0 Å². The van der Waals surface area contributed by atoms with Crippen LogP contribution in [0.1, 0.15) is 42.9 Å². The lowest BCUT2D eigenvalue weighted by Crippen LogP contribution is -2.31. The van der Waals surface area contributed by atoms with Gasteiger partial charge in [0.2, 0.25) is 0 Å². The second kappa shape index (κ2) is 9.50. The molecule has 0 spiro atoms. The molecule has 0 aliphatic rings. The first-order valence-corrected chi connectivity index (χ1v) is 8.44. The van der Waals surface area contributed by atoms with Crippen molar-refractivity contribution in [1.82, 2.24) is 5.32 Å². The van der Waals surface area contributed by atoms with Gasteiger partial charge in [-0.05, 0) is 51.1 Å². The highest BCUT2D eigenvalue weighted by atomic mass is 16.5. The average Bonchev–Trinajstić information content (AvgIpc) is 3.16. The Hall–Kier alpha value is -2.96. The third kappa shape index (κ3) is 5.27. The Bertz CT molecular complexity index is 726. The Morgan fingerprint density at radius 1 is 1.12 bits per heavy atom. The average molecular weight is 361 g/mol. The number of amides is 1. The Kier molecular flexibility index (Phi) is 7.08. The van der Waals surface area contributed by atoms with Gasteiger partial charge in [-0.25, -0.2) is 4.79 Å². The van der Waals surface area contributed by atoms with Gasteiger partial charge < -0.3 is 23.9 Å². The van der Waals surface area contributed by atoms with Crippen LogP contribution in [0.4, 0.5) is 0 Å². The van der Waals surface area contributed by atoms with Gasteiger partial charge in [0.15, 0.2) is 18.1 Å². The quantitative estimate of drug-likeness (QED) is 0.691. The molecule has 0 radical (unpaired) electrons. The Balaban J connectivity index is 1.92. The summed E-state index contributed by atoms with van der Waals surface area (Å²) in [5.74, 6) is 0.598. The van der Waals surface area contributed by atoms with Crippen LogP contribution < -0.4 is 14.8 Å². The molecule has 26 heavy (non-hydrogen) atoms. The summed E-state index contributed by atoms with van der Waals surface area (Å²) in [6, 6.07) is 7.93. The van der Waals surface area contributed by atoms with Gasteiger partial charge in [-0.3, -0.25) is 4.79 Å². The SMILES string of the molecule is CCOc1ccc(C(=O)OCC(=O)N[C@@H](C)c2ccco2)cc1OCC. The normalized spacial score (nSPS) is 11.5. The maximum atomic E-state index is 12.2. The second-order valence-corrected chi connectivity index (χ2v) is 5.41. The first-order valence-electron chi connectivity index (χ1n) is 8.44. The summed E-state index contributed by atoms with van der Waals surface area (Å²) in [5.41, 5.74) is 0.281. The zero-order valence-corrected chi connectivity index (χ0v) is 15.1. The van der Waals surface area contributed by atoms with Crippen molar-refractivity contribution in [2.45, 2.75) is 26.8 Å². The minimum atomic E-state index is -0.616. The standard InChI is InChI=1S/C19H23NO6/c1-4-23-16-9-8-14(11-17(16)24-5-2)19(22)26-12-18(21)20-13(3)15-7-6-10-25-15/h6-11,13H,4-5,12H2,1-3H3,(H,20,21)/t13-/m0/s1. The Morgan fingerprint density at radius 3 is 2.50 bits per heavy atom. The zero-order chi connectivity index (χ0) is 18.9. The number of carbonyl (C=O) groups excluding carboxylic acids is 2. The van der Waals surface area contributed by atoms with E-state index in [0.29, 0.717) is 30.5 Å². The fourth-order valence-corrected chi connectivity index (χ4v) is 2.28. The van der Waals surface area contributed by atoms with Gasteiger partial charge in [-0.15, -0.1) is 0 Å². The summed E-state index contributed by atoms with van der Waals surface area (Å²) >= 11 is 0. The van der Waals surface area contributed by atoms with Gasteiger partial charge >= 0.3 is 5.97 Å². The van der Waals surface area contributed by atoms with Crippen molar-refractivity contribution < 1.29 is 28.2 Å². The summed E-state index contributed by atoms with van der Waals surface area (Å²) in [5, 5.41) is 2.69. The number of benzene rings is 1. The van der Waals surface area contributed by atoms with E-state index in [9.17, 15) is 9.59 Å². The molecular formula is C19H23NO6. The molecule has 2 rings (SSSR count). The van der Waals surface area contributed by atoms with E-state index in [1.165, 1.54) is 6.26 Å². The first kappa shape index (κ1) is 19.4. The molecule has 1 aromatic heterocycles. The summed E-state index contributed by atoms with van der Waals surface area (Å²) in [4.78, 5) is 24.1. The molecule has 7 nitrogen and oxygen atoms in total. The molecule has 1 atom stereocenters. The predicted octanol–water partition coefficient (Wildman–Crippen LogP) is 3.11. The Morgan fingerprint density at radius 2 is 1.85 bits per heavy atom. The van der Waals surface area contributed by atoms with E-state index >= 15 is 0 Å². The molecule has 0 unspecified atom stereocenters. The van der Waals surface area contributed by atoms with Crippen molar-refractivity contribution in [2.75, 3.05) is 19.8 Å². The highest BCUT2D eigenvalue weighted by Gasteiger charge is 2.16. The van der Waals surface area contributed by atoms with Crippen LogP contribution in [-0.2, 0) is 9.53 Å². The Labute approximate surface area is 152 Å². The number of furan rings is 1. The van der Waals surface area contributed by atoms with Crippen LogP contribution in [-0.4, -0.2) is 31.7 Å². The van der Waals surface area contributed by atoms with Gasteiger partial charge in [-0.2, -0.15) is 0 Å². The minimum Gasteiger partial charge on any atom is -0.490 e. The van der Waals surface area contributed by atoms with Crippen LogP contribution in [0.15, 0.2) is 41.0 Å². The molecule has 0 fully saturated rings. The van der Waals surface area contributed by atoms with Crippen LogP contribution in [0.2, 0.25) is 0 Å². The van der Waals surface area contributed by atoms with Gasteiger partial charge in [0.05, 0.1) is 31.1 Å². The molecule has 140 valence electrons. The van der Waals surface area contributed by atoms with E-state index in [0.717, 1.165) is 0 Å². The van der Waals surface area contributed by atoms with Crippen molar-refractivity contribution >= 4 is 11.9 Å². The molecule has 0 bridgehead atoms. The number of nitrogens with one attached hydrogen (secondary N) is 1. The zero-order valence-electron chi connectivity index (χ0n) is 15.1. The lowest BCUT2D eigenvalue weighted by atomic mass is 10.2. The molecule has 2 aromatic rings. The molecule has 0 aliphatic heterocycles. The highest BCUT2D eigenvalue weighted by Crippen LogP contribution is 2.28. The smallest absolute Gasteiger partial charge is 0.338 e. The van der Waals surface area contributed by atoms with Crippen LogP contribution in [0, 0.1) is 0 Å². The van der Waals surface area contributed by atoms with Gasteiger partial charge in [0.1, 0.15) is 5.76 Å². The third-order valence-corrected chi connectivity index (χ3v) is 3.46. The summed E-state index contributed by atoms with van der Waals surface area (Å²) in [6.45, 7) is 6.01. The largest absolute Gasteiger partial charge is 0.490 e. The van der Waals surface area contributed by atoms with E-state index in [4.69, 9.17) is 18.6 Å². The number of carbonyl (C=O) groups is 2. The fraction of sp³-hybridized carbons (Fsp3) is 0.368. The van der Waals surface area contributed by atoms with Gasteiger partial charge in [0, 0.05) is 0 Å². The summed E-state index contributed by atoms with van der Waals surface area (Å²) in [6.07, 6.45) is 1.53. The highest BCUT2D eigenvalue weighted by molar-refractivity contribution is 5.92. The molecule has 0 saturated heterocycles. The van der Waals surface area contributed by atoms with Crippen molar-refractivity contribution in [3.05, 3.63) is 47.9 Å². The van der Waals surface area contributed by atoms with E-state index in [1.807, 2.05) is 13.8 Å². The second-order valence-electron chi connectivity index (χ2n) is 5.41. The van der Waals surface area contributed by atoms with Crippen LogP contribution >= 0.6 is 0 Å². The maximum absolute atomic E-state index is 12.2. The van der Waals surface area contributed by atoms with Crippen molar-refractivity contribution in [1.29, 1.82) is 0 Å². The lowest BCUT2D eigenvalue weighted by molar-refractivity contribution is -0.125. The molecule has 1 amide bonds. The molecule has 0 aliphatic carbocycles. The summed E-state index contributed by atoms with van der Waals surface area (Å²) < 4.78 is 21.2. The minimum absolute atomic E-state index is 0.281. The summed E-state index contributed by atoms with van der Waals surface area (Å²) in [7, 11) is 0. The maximum Gasteiger partial charge on any atom is 0.338 e. The number of hydrogen-bond donors (Lipinski definition) is 1. The molecule has 1 heterocycles. The van der Waals surface area contributed by atoms with Crippen molar-refractivity contribution in [3.8, 4) is 11.5 Å². The number of esters is 1. The fourth-order valence-electron chi connectivity index (χ4n) is 2.28. The third-order valence-electron chi connectivity index (χ3n) is 3.46. The first-order chi connectivity index (χ1) is 12.5. The number of rotatable bonds is 9. The predicted molar refractivity (Wildman–Crippen MR) is 94.3 cm³/mol. The van der Waals surface area contributed by atoms with E-state index < -0.39 is 11.9 Å². The topological polar surface area (TPSA) is 87.0 Å². The van der Waals surface area contributed by atoms with Crippen molar-refractivity contribution in [2.24, 2.45) is 0 Å². The van der Waals surface area contributed by atoms with E-state index in [2.05, 4.69) is 5.32 Å².